The van der Waals surface area contributed by atoms with Gasteiger partial charge in [0.15, 0.2) is 0 Å². The largest absolute Gasteiger partial charge is 0.445 e. The van der Waals surface area contributed by atoms with Gasteiger partial charge in [0.05, 0.1) is 17.3 Å². The van der Waals surface area contributed by atoms with E-state index in [4.69, 9.17) is 8.92 Å². The van der Waals surface area contributed by atoms with Crippen molar-refractivity contribution in [3.8, 4) is 5.88 Å². The Morgan fingerprint density at radius 2 is 1.57 bits per heavy atom. The molecular formula is C35H42N4O7S. The summed E-state index contributed by atoms with van der Waals surface area (Å²) in [6, 6.07) is 14.2. The molecule has 0 aliphatic heterocycles. The first kappa shape index (κ1) is 33.9. The number of hydrogen-bond donors (Lipinski definition) is 1. The molecule has 0 unspecified atom stereocenters. The van der Waals surface area contributed by atoms with Crippen molar-refractivity contribution < 1.29 is 22.1 Å². The molecular weight excluding hydrogens is 620 g/mol. The smallest absolute Gasteiger partial charge is 0.407 e. The third-order valence-electron chi connectivity index (χ3n) is 8.25. The van der Waals surface area contributed by atoms with Crippen molar-refractivity contribution in [1.82, 2.24) is 19.7 Å². The monoisotopic (exact) mass is 662 g/mol. The summed E-state index contributed by atoms with van der Waals surface area (Å²) in [6.07, 6.45) is 2.37. The van der Waals surface area contributed by atoms with Gasteiger partial charge in [-0.3, -0.25) is 9.59 Å². The fraction of sp³-hybridized carbons (Fsp3) is 0.429. The summed E-state index contributed by atoms with van der Waals surface area (Å²) in [4.78, 5) is 38.9. The van der Waals surface area contributed by atoms with Crippen molar-refractivity contribution in [1.29, 1.82) is 0 Å². The number of benzene rings is 2. The second-order valence-corrected chi connectivity index (χ2v) is 14.4. The molecule has 1 saturated carbocycles. The quantitative estimate of drug-likeness (QED) is 0.184. The number of nitrogens with one attached hydrogen (secondary N) is 1. The third kappa shape index (κ3) is 7.59. The standard InChI is InChI=1S/C35H42N4O7S/c1-21(2)25-16-27(22(3)4)32(28(17-25)23(5)6)47(43,44)46-33-30-19-38(26-12-13-26)31(40)18-29(30)34(41)39(37-33)15-14-36-35(42)45-20-24-10-8-7-9-11-24/h7-11,16-19,21-23,26H,12-15,20H2,1-6H3,(H,36,42). The van der Waals surface area contributed by atoms with Crippen LogP contribution >= 0.6 is 0 Å². The molecule has 11 nitrogen and oxygen atoms in total. The van der Waals surface area contributed by atoms with Crippen LogP contribution in [0.2, 0.25) is 0 Å². The fourth-order valence-electron chi connectivity index (χ4n) is 5.46. The van der Waals surface area contributed by atoms with Crippen molar-refractivity contribution in [3.05, 3.63) is 97.7 Å². The second kappa shape index (κ2) is 13.7. The van der Waals surface area contributed by atoms with Gasteiger partial charge in [-0.1, -0.05) is 84.0 Å². The molecule has 2 heterocycles. The van der Waals surface area contributed by atoms with E-state index < -0.39 is 21.8 Å². The van der Waals surface area contributed by atoms with E-state index in [2.05, 4.69) is 24.3 Å². The number of ether oxygens (including phenoxy) is 1. The second-order valence-electron chi connectivity index (χ2n) is 12.9. The van der Waals surface area contributed by atoms with Crippen molar-refractivity contribution in [2.45, 2.75) is 96.2 Å². The molecule has 0 atom stereocenters. The van der Waals surface area contributed by atoms with Crippen molar-refractivity contribution in [3.63, 3.8) is 0 Å². The highest BCUT2D eigenvalue weighted by atomic mass is 32.2. The van der Waals surface area contributed by atoms with Gasteiger partial charge in [0, 0.05) is 24.8 Å². The van der Waals surface area contributed by atoms with Gasteiger partial charge in [-0.15, -0.1) is 5.10 Å². The first-order chi connectivity index (χ1) is 22.3. The number of aromatic nitrogens is 3. The number of nitrogens with zero attached hydrogens (tertiary/aromatic N) is 3. The van der Waals surface area contributed by atoms with Crippen LogP contribution in [0.1, 0.15) is 100 Å². The molecule has 4 aromatic rings. The van der Waals surface area contributed by atoms with E-state index in [1.54, 1.807) is 0 Å². The highest BCUT2D eigenvalue weighted by Crippen LogP contribution is 2.38. The Morgan fingerprint density at radius 3 is 2.15 bits per heavy atom. The van der Waals surface area contributed by atoms with Crippen LogP contribution in [0.5, 0.6) is 5.88 Å². The SMILES string of the molecule is CC(C)c1cc(C(C)C)c(S(=O)(=O)Oc2nn(CCNC(=O)OCc3ccccc3)c(=O)c3cc(=O)n(C4CC4)cc23)c(C(C)C)c1. The third-order valence-corrected chi connectivity index (χ3v) is 9.60. The van der Waals surface area contributed by atoms with Crippen LogP contribution in [0.3, 0.4) is 0 Å². The van der Waals surface area contributed by atoms with Gasteiger partial charge in [0.25, 0.3) is 17.0 Å². The zero-order valence-electron chi connectivity index (χ0n) is 27.6. The van der Waals surface area contributed by atoms with Crippen LogP contribution in [0.25, 0.3) is 10.8 Å². The number of fused-ring (bicyclic) bond motifs is 1. The topological polar surface area (TPSA) is 139 Å². The lowest BCUT2D eigenvalue weighted by molar-refractivity contribution is 0.139. The summed E-state index contributed by atoms with van der Waals surface area (Å²) in [5.74, 6) is -0.407. The minimum Gasteiger partial charge on any atom is -0.445 e. The van der Waals surface area contributed by atoms with Crippen molar-refractivity contribution in [2.75, 3.05) is 6.54 Å². The summed E-state index contributed by atoms with van der Waals surface area (Å²) in [5.41, 5.74) is 2.11. The van der Waals surface area contributed by atoms with E-state index in [-0.39, 0.29) is 70.6 Å². The fourth-order valence-corrected chi connectivity index (χ4v) is 7.04. The highest BCUT2D eigenvalue weighted by Gasteiger charge is 2.31. The number of carbonyl (C=O) groups is 1. The zero-order chi connectivity index (χ0) is 34.0. The summed E-state index contributed by atoms with van der Waals surface area (Å²) >= 11 is 0. The molecule has 0 saturated heterocycles. The normalized spacial score (nSPS) is 13.5. The Kier molecular flexibility index (Phi) is 9.90. The van der Waals surface area contributed by atoms with Gasteiger partial charge in [0.2, 0.25) is 0 Å². The zero-order valence-corrected chi connectivity index (χ0v) is 28.5. The molecule has 2 aromatic carbocycles. The van der Waals surface area contributed by atoms with Crippen molar-refractivity contribution >= 4 is 27.0 Å². The Bertz CT molecular complexity index is 1980. The van der Waals surface area contributed by atoms with Crippen LogP contribution < -0.4 is 20.6 Å². The highest BCUT2D eigenvalue weighted by molar-refractivity contribution is 7.87. The van der Waals surface area contributed by atoms with Crippen LogP contribution in [0.4, 0.5) is 4.79 Å². The molecule has 12 heteroatoms. The van der Waals surface area contributed by atoms with Crippen molar-refractivity contribution in [2.24, 2.45) is 0 Å². The minimum atomic E-state index is -4.48. The Hall–Kier alpha value is -4.45. The Morgan fingerprint density at radius 1 is 0.936 bits per heavy atom. The minimum absolute atomic E-state index is 0.0259. The number of hydrogen-bond acceptors (Lipinski definition) is 8. The summed E-state index contributed by atoms with van der Waals surface area (Å²) in [6.45, 7) is 11.7. The molecule has 47 heavy (non-hydrogen) atoms. The molecule has 250 valence electrons. The average molecular weight is 663 g/mol. The molecule has 1 fully saturated rings. The Labute approximate surface area is 274 Å². The summed E-state index contributed by atoms with van der Waals surface area (Å²) in [7, 11) is -4.48. The molecule has 0 bridgehead atoms. The van der Waals surface area contributed by atoms with Crippen LogP contribution in [-0.4, -0.2) is 35.4 Å². The van der Waals surface area contributed by atoms with Gasteiger partial charge >= 0.3 is 16.2 Å². The maximum atomic E-state index is 14.3. The van der Waals surface area contributed by atoms with Crippen LogP contribution in [-0.2, 0) is 28.0 Å². The lowest BCUT2D eigenvalue weighted by Gasteiger charge is -2.22. The molecule has 0 spiro atoms. The molecule has 0 radical (unpaired) electrons. The van der Waals surface area contributed by atoms with Gasteiger partial charge in [-0.05, 0) is 52.8 Å². The lowest BCUT2D eigenvalue weighted by Crippen LogP contribution is -2.33. The molecule has 2 aromatic heterocycles. The molecule has 1 aliphatic carbocycles. The van der Waals surface area contributed by atoms with E-state index >= 15 is 0 Å². The van der Waals surface area contributed by atoms with Crippen LogP contribution in [0, 0.1) is 0 Å². The predicted molar refractivity (Wildman–Crippen MR) is 180 cm³/mol. The summed E-state index contributed by atoms with van der Waals surface area (Å²) in [5, 5.41) is 7.02. The van der Waals surface area contributed by atoms with E-state index in [9.17, 15) is 22.8 Å². The molecule has 1 amide bonds. The van der Waals surface area contributed by atoms with E-state index in [0.717, 1.165) is 28.7 Å². The molecule has 5 rings (SSSR count). The van der Waals surface area contributed by atoms with E-state index in [0.29, 0.717) is 11.1 Å². The molecule has 1 N–H and O–H groups in total. The maximum Gasteiger partial charge on any atom is 0.407 e. The number of rotatable bonds is 12. The van der Waals surface area contributed by atoms with E-state index in [1.807, 2.05) is 70.2 Å². The average Bonchev–Trinajstić information content (AvgIpc) is 3.87. The number of pyridine rings is 1. The maximum absolute atomic E-state index is 14.3. The Balaban J connectivity index is 1.53. The van der Waals surface area contributed by atoms with Gasteiger partial charge in [-0.25, -0.2) is 9.48 Å². The summed E-state index contributed by atoms with van der Waals surface area (Å²) < 4.78 is 42.1. The first-order valence-corrected chi connectivity index (χ1v) is 17.4. The van der Waals surface area contributed by atoms with Crippen LogP contribution in [0.15, 0.2) is 69.2 Å². The first-order valence-electron chi connectivity index (χ1n) is 16.0. The van der Waals surface area contributed by atoms with E-state index in [1.165, 1.54) is 16.8 Å². The number of carbonyl (C=O) groups excluding carboxylic acids is 1. The predicted octanol–water partition coefficient (Wildman–Crippen LogP) is 5.96. The van der Waals surface area contributed by atoms with Gasteiger partial charge in [0.1, 0.15) is 11.5 Å². The van der Waals surface area contributed by atoms with Gasteiger partial charge in [-0.2, -0.15) is 8.42 Å². The lowest BCUT2D eigenvalue weighted by atomic mass is 9.89. The van der Waals surface area contributed by atoms with Gasteiger partial charge < -0.3 is 18.8 Å². The number of amides is 1. The molecule has 1 aliphatic rings. The number of alkyl carbamates (subject to hydrolysis) is 1.